The first-order valence-corrected chi connectivity index (χ1v) is 11.0. The number of aromatic hydroxyl groups is 1. The zero-order chi connectivity index (χ0) is 22.5. The number of nitrogens with zero attached hydrogens (tertiary/aromatic N) is 1. The summed E-state index contributed by atoms with van der Waals surface area (Å²) >= 11 is 0. The van der Waals surface area contributed by atoms with Crippen LogP contribution in [0.5, 0.6) is 5.75 Å². The predicted molar refractivity (Wildman–Crippen MR) is 120 cm³/mol. The molecular formula is C24H26N4O4. The minimum atomic E-state index is -0.321. The minimum Gasteiger partial charge on any atom is -0.508 e. The van der Waals surface area contributed by atoms with Crippen LogP contribution in [0.15, 0.2) is 41.2 Å². The zero-order valence-corrected chi connectivity index (χ0v) is 17.9. The van der Waals surface area contributed by atoms with Crippen LogP contribution < -0.4 is 10.9 Å². The van der Waals surface area contributed by atoms with Gasteiger partial charge in [-0.3, -0.25) is 14.4 Å². The van der Waals surface area contributed by atoms with Crippen molar-refractivity contribution in [3.05, 3.63) is 63.7 Å². The molecule has 3 aromatic rings. The van der Waals surface area contributed by atoms with Crippen LogP contribution in [-0.2, 0) is 0 Å². The Kier molecular flexibility index (Phi) is 4.80. The van der Waals surface area contributed by atoms with Gasteiger partial charge in [-0.2, -0.15) is 0 Å². The summed E-state index contributed by atoms with van der Waals surface area (Å²) in [5.41, 5.74) is 1.70. The number of amides is 2. The summed E-state index contributed by atoms with van der Waals surface area (Å²) in [5, 5.41) is 13.6. The molecule has 1 aromatic carbocycles. The minimum absolute atomic E-state index is 0.0715. The van der Waals surface area contributed by atoms with E-state index in [9.17, 15) is 19.5 Å². The van der Waals surface area contributed by atoms with Gasteiger partial charge < -0.3 is 25.3 Å². The summed E-state index contributed by atoms with van der Waals surface area (Å²) in [5.74, 6) is 0.0181. The topological polar surface area (TPSA) is 118 Å². The van der Waals surface area contributed by atoms with E-state index < -0.39 is 0 Å². The number of aromatic amines is 2. The second-order valence-electron chi connectivity index (χ2n) is 9.07. The standard InChI is InChI=1S/C24H26N4O4/c1-14-9-16(12-21(30)25-14)22(31)27-24(6-7-24)17-3-2-8-28(13-17)23(32)20-11-15-10-18(29)4-5-19(15)26-20/h4-5,9-12,17,26,29H,2-3,6-8,13H2,1H3,(H,25,30)(H,27,31). The van der Waals surface area contributed by atoms with Crippen molar-refractivity contribution in [1.82, 2.24) is 20.2 Å². The number of aryl methyl sites for hydroxylation is 1. The Morgan fingerprint density at radius 3 is 2.72 bits per heavy atom. The summed E-state index contributed by atoms with van der Waals surface area (Å²) in [4.78, 5) is 45.4. The van der Waals surface area contributed by atoms with Crippen LogP contribution in [0.25, 0.3) is 10.9 Å². The number of pyridine rings is 1. The number of benzene rings is 1. The average molecular weight is 434 g/mol. The van der Waals surface area contributed by atoms with Crippen LogP contribution >= 0.6 is 0 Å². The molecule has 0 radical (unpaired) electrons. The molecule has 8 nitrogen and oxygen atoms in total. The normalized spacial score (nSPS) is 19.7. The Morgan fingerprint density at radius 2 is 1.97 bits per heavy atom. The summed E-state index contributed by atoms with van der Waals surface area (Å²) in [7, 11) is 0. The molecule has 1 unspecified atom stereocenters. The second-order valence-corrected chi connectivity index (χ2v) is 9.07. The third-order valence-corrected chi connectivity index (χ3v) is 6.72. The van der Waals surface area contributed by atoms with Crippen LogP contribution in [0.4, 0.5) is 0 Å². The number of hydrogen-bond acceptors (Lipinski definition) is 4. The first kappa shape index (κ1) is 20.4. The number of phenols is 1. The number of H-pyrrole nitrogens is 2. The lowest BCUT2D eigenvalue weighted by molar-refractivity contribution is 0.0621. The fourth-order valence-electron chi connectivity index (χ4n) is 4.90. The molecule has 1 saturated carbocycles. The number of likely N-dealkylation sites (tertiary alicyclic amines) is 1. The Bertz CT molecular complexity index is 1270. The van der Waals surface area contributed by atoms with Gasteiger partial charge in [-0.25, -0.2) is 0 Å². The first-order valence-electron chi connectivity index (χ1n) is 11.0. The highest BCUT2D eigenvalue weighted by atomic mass is 16.3. The van der Waals surface area contributed by atoms with Gasteiger partial charge >= 0.3 is 0 Å². The summed E-state index contributed by atoms with van der Waals surface area (Å²) in [6.07, 6.45) is 3.57. The van der Waals surface area contributed by atoms with Crippen LogP contribution in [0.3, 0.4) is 0 Å². The smallest absolute Gasteiger partial charge is 0.270 e. The van der Waals surface area contributed by atoms with E-state index in [1.165, 1.54) is 6.07 Å². The third kappa shape index (κ3) is 3.77. The van der Waals surface area contributed by atoms with Gasteiger partial charge in [0, 0.05) is 46.9 Å². The quantitative estimate of drug-likeness (QED) is 0.505. The van der Waals surface area contributed by atoms with Crippen molar-refractivity contribution in [2.24, 2.45) is 5.92 Å². The van der Waals surface area contributed by atoms with Crippen molar-refractivity contribution >= 4 is 22.7 Å². The van der Waals surface area contributed by atoms with Crippen LogP contribution in [0.2, 0.25) is 0 Å². The average Bonchev–Trinajstić information content (AvgIpc) is 3.42. The number of phenolic OH excluding ortho intramolecular Hbond substituents is 1. The largest absolute Gasteiger partial charge is 0.508 e. The van der Waals surface area contributed by atoms with Crippen molar-refractivity contribution in [2.75, 3.05) is 13.1 Å². The van der Waals surface area contributed by atoms with E-state index in [-0.39, 0.29) is 34.6 Å². The number of carbonyl (C=O) groups is 2. The molecule has 5 rings (SSSR count). The van der Waals surface area contributed by atoms with Crippen LogP contribution in [-0.4, -0.2) is 50.4 Å². The highest BCUT2D eigenvalue weighted by Gasteiger charge is 2.51. The van der Waals surface area contributed by atoms with Crippen molar-refractivity contribution in [3.63, 3.8) is 0 Å². The molecule has 2 amide bonds. The number of piperidine rings is 1. The third-order valence-electron chi connectivity index (χ3n) is 6.72. The second kappa shape index (κ2) is 7.55. The fourth-order valence-corrected chi connectivity index (χ4v) is 4.90. The van der Waals surface area contributed by atoms with E-state index in [0.29, 0.717) is 30.0 Å². The van der Waals surface area contributed by atoms with Gasteiger partial charge in [-0.1, -0.05) is 0 Å². The van der Waals surface area contributed by atoms with Crippen molar-refractivity contribution in [1.29, 1.82) is 0 Å². The van der Waals surface area contributed by atoms with Crippen LogP contribution in [0.1, 0.15) is 52.2 Å². The van der Waals surface area contributed by atoms with Crippen molar-refractivity contribution < 1.29 is 14.7 Å². The van der Waals surface area contributed by atoms with Gasteiger partial charge in [0.25, 0.3) is 11.8 Å². The van der Waals surface area contributed by atoms with E-state index in [4.69, 9.17) is 0 Å². The molecule has 2 fully saturated rings. The van der Waals surface area contributed by atoms with E-state index in [2.05, 4.69) is 15.3 Å². The maximum atomic E-state index is 13.2. The van der Waals surface area contributed by atoms with E-state index in [0.717, 1.165) is 36.6 Å². The monoisotopic (exact) mass is 434 g/mol. The number of aromatic nitrogens is 2. The Labute approximate surface area is 184 Å². The highest BCUT2D eigenvalue weighted by Crippen LogP contribution is 2.46. The first-order chi connectivity index (χ1) is 15.3. The number of fused-ring (bicyclic) bond motifs is 1. The molecule has 1 saturated heterocycles. The molecule has 0 spiro atoms. The van der Waals surface area contributed by atoms with Gasteiger partial charge in [-0.05, 0) is 68.9 Å². The van der Waals surface area contributed by atoms with E-state index in [1.54, 1.807) is 37.3 Å². The van der Waals surface area contributed by atoms with Gasteiger partial charge in [0.2, 0.25) is 5.56 Å². The van der Waals surface area contributed by atoms with E-state index >= 15 is 0 Å². The van der Waals surface area contributed by atoms with Gasteiger partial charge in [-0.15, -0.1) is 0 Å². The molecular weight excluding hydrogens is 408 g/mol. The molecule has 2 aromatic heterocycles. The molecule has 3 heterocycles. The number of rotatable bonds is 4. The van der Waals surface area contributed by atoms with Crippen LogP contribution in [0, 0.1) is 12.8 Å². The van der Waals surface area contributed by atoms with Gasteiger partial charge in [0.15, 0.2) is 0 Å². The number of hydrogen-bond donors (Lipinski definition) is 4. The van der Waals surface area contributed by atoms with Gasteiger partial charge in [0.05, 0.1) is 0 Å². The Morgan fingerprint density at radius 1 is 1.16 bits per heavy atom. The molecule has 0 bridgehead atoms. The molecule has 8 heteroatoms. The molecule has 32 heavy (non-hydrogen) atoms. The maximum absolute atomic E-state index is 13.2. The molecule has 1 aliphatic heterocycles. The van der Waals surface area contributed by atoms with Gasteiger partial charge in [0.1, 0.15) is 11.4 Å². The maximum Gasteiger partial charge on any atom is 0.270 e. The lowest BCUT2D eigenvalue weighted by atomic mass is 9.88. The lowest BCUT2D eigenvalue weighted by Crippen LogP contribution is -2.50. The Balaban J connectivity index is 1.31. The summed E-state index contributed by atoms with van der Waals surface area (Å²) in [6.45, 7) is 3.00. The predicted octanol–water partition coefficient (Wildman–Crippen LogP) is 2.69. The molecule has 166 valence electrons. The molecule has 1 aliphatic carbocycles. The van der Waals surface area contributed by atoms with Crippen molar-refractivity contribution in [3.8, 4) is 5.75 Å². The van der Waals surface area contributed by atoms with E-state index in [1.807, 2.05) is 4.90 Å². The lowest BCUT2D eigenvalue weighted by Gasteiger charge is -2.37. The Hall–Kier alpha value is -3.55. The SMILES string of the molecule is Cc1cc(C(=O)NC2(C3CCCN(C(=O)c4cc5cc(O)ccc5[nH]4)C3)CC2)cc(=O)[nH]1. The zero-order valence-electron chi connectivity index (χ0n) is 17.9. The highest BCUT2D eigenvalue weighted by molar-refractivity contribution is 5.98. The van der Waals surface area contributed by atoms with Crippen molar-refractivity contribution in [2.45, 2.75) is 38.1 Å². The number of nitrogens with one attached hydrogen (secondary N) is 3. The summed E-state index contributed by atoms with van der Waals surface area (Å²) < 4.78 is 0. The number of carbonyl (C=O) groups excluding carboxylic acids is 2. The fraction of sp³-hybridized carbons (Fsp3) is 0.375. The molecule has 2 aliphatic rings. The molecule has 4 N–H and O–H groups in total. The molecule has 1 atom stereocenters. The summed E-state index contributed by atoms with van der Waals surface area (Å²) in [6, 6.07) is 9.74.